The molecule has 1 saturated heterocycles. The van der Waals surface area contributed by atoms with E-state index in [1.54, 1.807) is 0 Å². The monoisotopic (exact) mass is 178 g/mol. The molecule has 0 amide bonds. The highest BCUT2D eigenvalue weighted by molar-refractivity contribution is 6.19. The maximum absolute atomic E-state index is 5.48. The molecule has 0 aromatic carbocycles. The summed E-state index contributed by atoms with van der Waals surface area (Å²) < 4.78 is 0. The first-order valence-corrected chi connectivity index (χ1v) is 4.03. The number of nitrogens with two attached hydrogens (primary N) is 1. The number of fused-ring (bicyclic) bond motifs is 1. The van der Waals surface area contributed by atoms with Crippen LogP contribution in [-0.2, 0) is 0 Å². The van der Waals surface area contributed by atoms with Crippen molar-refractivity contribution in [2.45, 2.75) is 6.04 Å². The Morgan fingerprint density at radius 2 is 2.08 bits per heavy atom. The summed E-state index contributed by atoms with van der Waals surface area (Å²) in [6.07, 6.45) is 2.84. The van der Waals surface area contributed by atoms with Gasteiger partial charge >= 0.3 is 0 Å². The molecule has 0 aliphatic carbocycles. The van der Waals surface area contributed by atoms with Gasteiger partial charge in [-0.25, -0.2) is 15.0 Å². The molecule has 68 valence electrons. The standard InChI is InChI=1S/C5H5N5.C2H5N/c6-4-3-5(9-1-7-3)10-2-8-4;1-2-3-1/h1-3H,(H2,6,7,8,9,10);3H,1-2H2. The van der Waals surface area contributed by atoms with E-state index in [9.17, 15) is 0 Å². The van der Waals surface area contributed by atoms with Gasteiger partial charge in [0.05, 0.1) is 0 Å². The van der Waals surface area contributed by atoms with Crippen molar-refractivity contribution < 1.29 is 0 Å². The van der Waals surface area contributed by atoms with Gasteiger partial charge in [0.25, 0.3) is 0 Å². The SMILES string of the molecule is C1CN1.NC1=NC=NC2=NC=NC12. The predicted octanol–water partition coefficient (Wildman–Crippen LogP) is -1.22. The van der Waals surface area contributed by atoms with Gasteiger partial charge in [-0.05, 0) is 0 Å². The van der Waals surface area contributed by atoms with Crippen LogP contribution < -0.4 is 11.1 Å². The van der Waals surface area contributed by atoms with Crippen LogP contribution in [0.5, 0.6) is 0 Å². The van der Waals surface area contributed by atoms with Gasteiger partial charge in [0.15, 0.2) is 11.9 Å². The fraction of sp³-hybridized carbons (Fsp3) is 0.429. The second-order valence-corrected chi connectivity index (χ2v) is 2.70. The summed E-state index contributed by atoms with van der Waals surface area (Å²) in [5.41, 5.74) is 5.48. The van der Waals surface area contributed by atoms with E-state index in [-0.39, 0.29) is 6.04 Å². The number of nitrogens with one attached hydrogen (secondary N) is 1. The Balaban J connectivity index is 0.000000185. The van der Waals surface area contributed by atoms with E-state index in [4.69, 9.17) is 5.73 Å². The predicted molar refractivity (Wildman–Crippen MR) is 52.7 cm³/mol. The normalized spacial score (nSPS) is 26.9. The molecule has 0 bridgehead atoms. The van der Waals surface area contributed by atoms with Crippen LogP contribution in [0.15, 0.2) is 20.0 Å². The number of aliphatic imine (C=N–C) groups is 4. The summed E-state index contributed by atoms with van der Waals surface area (Å²) in [5.74, 6) is 1.09. The van der Waals surface area contributed by atoms with E-state index in [0.717, 1.165) is 0 Å². The van der Waals surface area contributed by atoms with Crippen LogP contribution >= 0.6 is 0 Å². The number of rotatable bonds is 0. The number of hydrogen-bond donors (Lipinski definition) is 2. The summed E-state index contributed by atoms with van der Waals surface area (Å²) in [7, 11) is 0. The molecule has 3 rings (SSSR count). The van der Waals surface area contributed by atoms with Crippen molar-refractivity contribution in [2.75, 3.05) is 13.1 Å². The van der Waals surface area contributed by atoms with Crippen LogP contribution in [0.4, 0.5) is 0 Å². The molecule has 0 saturated carbocycles. The second kappa shape index (κ2) is 3.44. The van der Waals surface area contributed by atoms with Crippen molar-refractivity contribution in [3.05, 3.63) is 0 Å². The molecule has 6 nitrogen and oxygen atoms in total. The molecule has 0 radical (unpaired) electrons. The largest absolute Gasteiger partial charge is 0.385 e. The molecule has 0 aromatic rings. The summed E-state index contributed by atoms with van der Waals surface area (Å²) in [6.45, 7) is 2.50. The van der Waals surface area contributed by atoms with Crippen LogP contribution in [0.1, 0.15) is 0 Å². The first kappa shape index (κ1) is 8.06. The van der Waals surface area contributed by atoms with Gasteiger partial charge < -0.3 is 11.1 Å². The Bertz CT molecular complexity index is 308. The fourth-order valence-corrected chi connectivity index (χ4v) is 0.834. The Morgan fingerprint density at radius 1 is 1.31 bits per heavy atom. The van der Waals surface area contributed by atoms with Crippen molar-refractivity contribution in [3.8, 4) is 0 Å². The summed E-state index contributed by atoms with van der Waals surface area (Å²) in [5, 5.41) is 3.00. The minimum Gasteiger partial charge on any atom is -0.385 e. The lowest BCUT2D eigenvalue weighted by Crippen LogP contribution is -2.34. The maximum atomic E-state index is 5.48. The minimum absolute atomic E-state index is 0.218. The van der Waals surface area contributed by atoms with E-state index in [0.29, 0.717) is 11.7 Å². The van der Waals surface area contributed by atoms with Crippen LogP contribution in [-0.4, -0.2) is 43.5 Å². The van der Waals surface area contributed by atoms with E-state index in [1.165, 1.54) is 25.8 Å². The molecule has 1 atom stereocenters. The average molecular weight is 178 g/mol. The van der Waals surface area contributed by atoms with Crippen LogP contribution in [0, 0.1) is 0 Å². The van der Waals surface area contributed by atoms with Gasteiger partial charge in [0.1, 0.15) is 18.5 Å². The third kappa shape index (κ3) is 1.97. The topological polar surface area (TPSA) is 97.4 Å². The summed E-state index contributed by atoms with van der Waals surface area (Å²) >= 11 is 0. The molecule has 1 unspecified atom stereocenters. The number of hydrogen-bond acceptors (Lipinski definition) is 6. The molecule has 3 aliphatic heterocycles. The molecular weight excluding hydrogens is 168 g/mol. The van der Waals surface area contributed by atoms with Gasteiger partial charge in [0.2, 0.25) is 0 Å². The number of amidine groups is 2. The van der Waals surface area contributed by atoms with Crippen LogP contribution in [0.25, 0.3) is 0 Å². The lowest BCUT2D eigenvalue weighted by atomic mass is 10.2. The molecule has 3 N–H and O–H groups in total. The Morgan fingerprint density at radius 3 is 2.69 bits per heavy atom. The lowest BCUT2D eigenvalue weighted by Gasteiger charge is -2.08. The zero-order chi connectivity index (χ0) is 9.10. The molecule has 0 aromatic heterocycles. The molecule has 3 heterocycles. The highest BCUT2D eigenvalue weighted by Gasteiger charge is 2.23. The smallest absolute Gasteiger partial charge is 0.168 e. The van der Waals surface area contributed by atoms with E-state index in [2.05, 4.69) is 25.3 Å². The van der Waals surface area contributed by atoms with Crippen molar-refractivity contribution in [3.63, 3.8) is 0 Å². The molecular formula is C7H10N6. The lowest BCUT2D eigenvalue weighted by molar-refractivity contribution is 1.12. The summed E-state index contributed by atoms with van der Waals surface area (Å²) in [4.78, 5) is 15.5. The van der Waals surface area contributed by atoms with E-state index >= 15 is 0 Å². The van der Waals surface area contributed by atoms with Crippen molar-refractivity contribution in [1.82, 2.24) is 5.32 Å². The third-order valence-corrected chi connectivity index (χ3v) is 1.58. The summed E-state index contributed by atoms with van der Waals surface area (Å²) in [6, 6.07) is -0.218. The van der Waals surface area contributed by atoms with Gasteiger partial charge in [0, 0.05) is 13.1 Å². The zero-order valence-corrected chi connectivity index (χ0v) is 7.01. The van der Waals surface area contributed by atoms with E-state index < -0.39 is 0 Å². The van der Waals surface area contributed by atoms with Crippen molar-refractivity contribution >= 4 is 24.3 Å². The van der Waals surface area contributed by atoms with E-state index in [1.807, 2.05) is 0 Å². The molecule has 6 heteroatoms. The molecule has 0 spiro atoms. The minimum atomic E-state index is -0.218. The Hall–Kier alpha value is -1.56. The van der Waals surface area contributed by atoms with Crippen LogP contribution in [0.3, 0.4) is 0 Å². The average Bonchev–Trinajstić information content (AvgIpc) is 2.93. The quantitative estimate of drug-likeness (QED) is 0.455. The molecule has 13 heavy (non-hydrogen) atoms. The Kier molecular flexibility index (Phi) is 2.13. The highest BCUT2D eigenvalue weighted by atomic mass is 15.1. The highest BCUT2D eigenvalue weighted by Crippen LogP contribution is 2.05. The van der Waals surface area contributed by atoms with Crippen molar-refractivity contribution in [2.24, 2.45) is 25.7 Å². The van der Waals surface area contributed by atoms with Gasteiger partial charge in [-0.2, -0.15) is 0 Å². The molecule has 1 fully saturated rings. The second-order valence-electron chi connectivity index (χ2n) is 2.70. The van der Waals surface area contributed by atoms with Crippen molar-refractivity contribution in [1.29, 1.82) is 0 Å². The van der Waals surface area contributed by atoms with Gasteiger partial charge in [-0.15, -0.1) is 0 Å². The first-order chi connectivity index (χ1) is 6.38. The fourth-order valence-electron chi connectivity index (χ4n) is 0.834. The van der Waals surface area contributed by atoms with Gasteiger partial charge in [-0.3, -0.25) is 4.99 Å². The zero-order valence-electron chi connectivity index (χ0n) is 7.01. The first-order valence-electron chi connectivity index (χ1n) is 4.03. The molecule has 3 aliphatic rings. The van der Waals surface area contributed by atoms with Gasteiger partial charge in [-0.1, -0.05) is 0 Å². The third-order valence-electron chi connectivity index (χ3n) is 1.58. The maximum Gasteiger partial charge on any atom is 0.168 e. The Labute approximate surface area is 75.4 Å². The van der Waals surface area contributed by atoms with Crippen LogP contribution in [0.2, 0.25) is 0 Å². The number of nitrogens with zero attached hydrogens (tertiary/aromatic N) is 4.